The minimum absolute atomic E-state index is 0.702. The van der Waals surface area contributed by atoms with Crippen LogP contribution in [-0.2, 0) is 24.7 Å². The van der Waals surface area contributed by atoms with Crippen LogP contribution >= 0.6 is 0 Å². The molecule has 5 aromatic rings. The Morgan fingerprint density at radius 3 is 1.09 bits per heavy atom. The Hall–Kier alpha value is -3.66. The predicted octanol–water partition coefficient (Wildman–Crippen LogP) is 6.99. The number of hydrogen-bond acceptors (Lipinski definition) is 5. The second kappa shape index (κ2) is 6.51. The van der Waals surface area contributed by atoms with Crippen LogP contribution in [-0.4, -0.2) is 19.9 Å². The van der Waals surface area contributed by atoms with Gasteiger partial charge in [-0.2, -0.15) is 52.7 Å². The van der Waals surface area contributed by atoms with Crippen LogP contribution in [0.5, 0.6) is 0 Å². The summed E-state index contributed by atoms with van der Waals surface area (Å²) in [6, 6.07) is 1.44. The van der Waals surface area contributed by atoms with Gasteiger partial charge in [-0.3, -0.25) is 0 Å². The molecule has 3 heterocycles. The first-order chi connectivity index (χ1) is 15.9. The summed E-state index contributed by atoms with van der Waals surface area (Å²) < 4.78 is 166. The standard InChI is InChI=1S/C18H2F12N4O/c19-15(20,21)11-7-8(12(35-11)16(22,23)24)10-6-4(32-14(34-10)18(28,29)30)2-1-3-5(6)9(7)33-13(31-3)17(25,26)27/h1-2H. The average molecular weight is 518 g/mol. The molecule has 35 heavy (non-hydrogen) atoms. The maximum Gasteiger partial charge on any atom is 0.451 e. The molecule has 0 amide bonds. The Morgan fingerprint density at radius 2 is 0.800 bits per heavy atom. The third-order valence-corrected chi connectivity index (χ3v) is 4.93. The van der Waals surface area contributed by atoms with Crippen molar-refractivity contribution in [2.24, 2.45) is 0 Å². The van der Waals surface area contributed by atoms with Crippen LogP contribution in [0.25, 0.3) is 43.6 Å². The number of aromatic nitrogens is 4. The van der Waals surface area contributed by atoms with E-state index in [9.17, 15) is 52.7 Å². The van der Waals surface area contributed by atoms with E-state index in [1.807, 2.05) is 0 Å². The van der Waals surface area contributed by atoms with Gasteiger partial charge in [-0.05, 0) is 12.1 Å². The molecule has 0 bridgehead atoms. The lowest BCUT2D eigenvalue weighted by atomic mass is 9.97. The monoisotopic (exact) mass is 518 g/mol. The lowest BCUT2D eigenvalue weighted by molar-refractivity contribution is -0.169. The third kappa shape index (κ3) is 3.35. The Balaban J connectivity index is 2.19. The summed E-state index contributed by atoms with van der Waals surface area (Å²) in [4.78, 5) is 12.4. The fourth-order valence-corrected chi connectivity index (χ4v) is 3.75. The van der Waals surface area contributed by atoms with Crippen LogP contribution in [0.1, 0.15) is 23.2 Å². The van der Waals surface area contributed by atoms with E-state index in [4.69, 9.17) is 0 Å². The second-order valence-electron chi connectivity index (χ2n) is 7.15. The first-order valence-corrected chi connectivity index (χ1v) is 8.88. The predicted molar refractivity (Wildman–Crippen MR) is 91.1 cm³/mol. The SMILES string of the molecule is FC(F)(F)c1nc2ccc3nc(C(F)(F)F)nc4c5c(C(F)(F)F)oc(C(F)(F)F)c5c(n1)c2c34. The highest BCUT2D eigenvalue weighted by atomic mass is 19.4. The van der Waals surface area contributed by atoms with Gasteiger partial charge in [-0.25, -0.2) is 19.9 Å². The van der Waals surface area contributed by atoms with Crippen LogP contribution in [0.3, 0.4) is 0 Å². The molecule has 5 nitrogen and oxygen atoms in total. The van der Waals surface area contributed by atoms with Crippen LogP contribution in [0.4, 0.5) is 52.7 Å². The summed E-state index contributed by atoms with van der Waals surface area (Å²) in [6.07, 6.45) is -22.1. The smallest absolute Gasteiger partial charge is 0.445 e. The molecule has 0 N–H and O–H groups in total. The van der Waals surface area contributed by atoms with Crippen LogP contribution in [0.15, 0.2) is 16.5 Å². The van der Waals surface area contributed by atoms with Gasteiger partial charge in [0.05, 0.1) is 32.8 Å². The fourth-order valence-electron chi connectivity index (χ4n) is 3.75. The second-order valence-corrected chi connectivity index (χ2v) is 7.15. The highest BCUT2D eigenvalue weighted by Crippen LogP contribution is 2.50. The third-order valence-electron chi connectivity index (χ3n) is 4.93. The van der Waals surface area contributed by atoms with Crippen LogP contribution in [0, 0.1) is 0 Å². The van der Waals surface area contributed by atoms with Crippen molar-refractivity contribution < 1.29 is 57.1 Å². The number of fused-ring (bicyclic) bond motifs is 3. The van der Waals surface area contributed by atoms with E-state index in [2.05, 4.69) is 24.4 Å². The zero-order valence-electron chi connectivity index (χ0n) is 15.9. The van der Waals surface area contributed by atoms with Crippen molar-refractivity contribution >= 4 is 43.6 Å². The van der Waals surface area contributed by atoms with E-state index in [1.165, 1.54) is 0 Å². The number of nitrogens with zero attached hydrogens (tertiary/aromatic N) is 4. The number of halogens is 12. The van der Waals surface area contributed by atoms with E-state index in [0.29, 0.717) is 0 Å². The van der Waals surface area contributed by atoms with Gasteiger partial charge in [-0.1, -0.05) is 0 Å². The summed E-state index contributed by atoms with van der Waals surface area (Å²) in [5.41, 5.74) is -3.98. The maximum atomic E-state index is 13.7. The molecule has 0 spiro atoms. The number of furan rings is 1. The van der Waals surface area contributed by atoms with E-state index in [0.717, 1.165) is 12.1 Å². The molecule has 0 saturated heterocycles. The van der Waals surface area contributed by atoms with E-state index in [-0.39, 0.29) is 0 Å². The number of rotatable bonds is 0. The molecule has 17 heteroatoms. The van der Waals surface area contributed by atoms with E-state index >= 15 is 0 Å². The summed E-state index contributed by atoms with van der Waals surface area (Å²) in [5, 5.41) is -4.69. The van der Waals surface area contributed by atoms with Crippen molar-refractivity contribution in [1.82, 2.24) is 19.9 Å². The number of hydrogen-bond donors (Lipinski definition) is 0. The van der Waals surface area contributed by atoms with Gasteiger partial charge in [0.1, 0.15) is 0 Å². The molecular formula is C18H2F12N4O. The van der Waals surface area contributed by atoms with Gasteiger partial charge in [-0.15, -0.1) is 0 Å². The molecule has 5 rings (SSSR count). The molecule has 3 aromatic heterocycles. The first-order valence-electron chi connectivity index (χ1n) is 8.88. The van der Waals surface area contributed by atoms with Gasteiger partial charge in [0.15, 0.2) is 0 Å². The molecular weight excluding hydrogens is 516 g/mol. The largest absolute Gasteiger partial charge is 0.451 e. The quantitative estimate of drug-likeness (QED) is 0.163. The van der Waals surface area contributed by atoms with Crippen molar-refractivity contribution in [3.8, 4) is 0 Å². The Kier molecular flexibility index (Phi) is 4.30. The molecule has 184 valence electrons. The summed E-state index contributed by atoms with van der Waals surface area (Å²) in [5.74, 6) is -8.82. The highest BCUT2D eigenvalue weighted by Gasteiger charge is 2.48. The van der Waals surface area contributed by atoms with E-state index < -0.39 is 91.5 Å². The molecule has 0 atom stereocenters. The number of alkyl halides is 12. The molecule has 0 aliphatic rings. The fraction of sp³-hybridized carbons (Fsp3) is 0.222. The molecule has 0 aliphatic carbocycles. The molecule has 0 unspecified atom stereocenters. The van der Waals surface area contributed by atoms with Crippen LogP contribution in [0.2, 0.25) is 0 Å². The zero-order chi connectivity index (χ0) is 25.9. The molecule has 0 aliphatic heterocycles. The van der Waals surface area contributed by atoms with Crippen molar-refractivity contribution in [2.75, 3.05) is 0 Å². The Morgan fingerprint density at radius 1 is 0.457 bits per heavy atom. The van der Waals surface area contributed by atoms with Gasteiger partial charge in [0.2, 0.25) is 23.2 Å². The van der Waals surface area contributed by atoms with Crippen molar-refractivity contribution in [2.45, 2.75) is 24.7 Å². The van der Waals surface area contributed by atoms with Gasteiger partial charge >= 0.3 is 24.7 Å². The molecule has 0 radical (unpaired) electrons. The molecule has 0 saturated carbocycles. The van der Waals surface area contributed by atoms with Crippen LogP contribution < -0.4 is 0 Å². The summed E-state index contributed by atoms with van der Waals surface area (Å²) in [6.45, 7) is 0. The molecule has 2 aromatic carbocycles. The summed E-state index contributed by atoms with van der Waals surface area (Å²) in [7, 11) is 0. The van der Waals surface area contributed by atoms with Gasteiger partial charge in [0, 0.05) is 10.8 Å². The van der Waals surface area contributed by atoms with Crippen molar-refractivity contribution in [1.29, 1.82) is 0 Å². The average Bonchev–Trinajstić information content (AvgIpc) is 3.12. The Bertz CT molecular complexity index is 1520. The van der Waals surface area contributed by atoms with Gasteiger partial charge < -0.3 is 4.42 Å². The van der Waals surface area contributed by atoms with Crippen molar-refractivity contribution in [3.63, 3.8) is 0 Å². The first kappa shape index (κ1) is 23.1. The lowest BCUT2D eigenvalue weighted by Crippen LogP contribution is -2.14. The minimum atomic E-state index is -5.71. The lowest BCUT2D eigenvalue weighted by Gasteiger charge is -2.15. The highest BCUT2D eigenvalue weighted by molar-refractivity contribution is 6.31. The maximum absolute atomic E-state index is 13.7. The normalized spacial score (nSPS) is 14.3. The van der Waals surface area contributed by atoms with E-state index in [1.54, 1.807) is 0 Å². The van der Waals surface area contributed by atoms with Gasteiger partial charge in [0.25, 0.3) is 0 Å². The van der Waals surface area contributed by atoms with Crippen molar-refractivity contribution in [3.05, 3.63) is 35.3 Å². The Labute approximate surface area is 181 Å². The minimum Gasteiger partial charge on any atom is -0.445 e. The topological polar surface area (TPSA) is 64.7 Å². The summed E-state index contributed by atoms with van der Waals surface area (Å²) >= 11 is 0. The number of benzene rings is 2. The molecule has 0 fully saturated rings. The zero-order valence-corrected chi connectivity index (χ0v) is 15.9.